The molecule has 0 N–H and O–H groups in total. The minimum absolute atomic E-state index is 0.101. The van der Waals surface area contributed by atoms with Crippen LogP contribution in [0.15, 0.2) is 78.1 Å². The zero-order valence-corrected chi connectivity index (χ0v) is 16.4. The summed E-state index contributed by atoms with van der Waals surface area (Å²) in [6, 6.07) is 17.9. The first-order valence-corrected chi connectivity index (χ1v) is 10.4. The van der Waals surface area contributed by atoms with Gasteiger partial charge in [0.05, 0.1) is 0 Å². The highest BCUT2D eigenvalue weighted by molar-refractivity contribution is 7.98. The highest BCUT2D eigenvalue weighted by Crippen LogP contribution is 2.23. The number of hydrogen-bond donors (Lipinski definition) is 0. The van der Waals surface area contributed by atoms with E-state index in [1.807, 2.05) is 59.6 Å². The quantitative estimate of drug-likeness (QED) is 0.621. The molecule has 1 aromatic carbocycles. The van der Waals surface area contributed by atoms with Gasteiger partial charge in [0.2, 0.25) is 0 Å². The number of nitrogens with zero attached hydrogens (tertiary/aromatic N) is 4. The molecule has 28 heavy (non-hydrogen) atoms. The number of benzene rings is 1. The lowest BCUT2D eigenvalue weighted by Crippen LogP contribution is -2.49. The number of carbonyl (C=O) groups is 1. The molecule has 1 fully saturated rings. The summed E-state index contributed by atoms with van der Waals surface area (Å²) in [5.74, 6) is 1.95. The van der Waals surface area contributed by atoms with Crippen LogP contribution < -0.4 is 4.90 Å². The molecule has 2 aromatic heterocycles. The molecule has 6 heteroatoms. The molecule has 0 radical (unpaired) electrons. The van der Waals surface area contributed by atoms with Gasteiger partial charge in [0.15, 0.2) is 0 Å². The maximum atomic E-state index is 12.8. The predicted molar refractivity (Wildman–Crippen MR) is 113 cm³/mol. The van der Waals surface area contributed by atoms with Gasteiger partial charge < -0.3 is 9.80 Å². The number of anilines is 1. The average molecular weight is 391 g/mol. The number of hydrogen-bond acceptors (Lipinski definition) is 5. The third kappa shape index (κ3) is 4.51. The second-order valence-electron chi connectivity index (χ2n) is 6.64. The van der Waals surface area contributed by atoms with E-state index in [0.717, 1.165) is 35.1 Å². The van der Waals surface area contributed by atoms with E-state index in [1.165, 1.54) is 5.56 Å². The van der Waals surface area contributed by atoms with Crippen LogP contribution in [0.4, 0.5) is 5.82 Å². The monoisotopic (exact) mass is 390 g/mol. The summed E-state index contributed by atoms with van der Waals surface area (Å²) in [4.78, 5) is 26.7. The highest BCUT2D eigenvalue weighted by Gasteiger charge is 2.22. The van der Waals surface area contributed by atoms with Crippen molar-refractivity contribution in [1.29, 1.82) is 0 Å². The molecular formula is C22H22N4OS. The molecule has 1 saturated heterocycles. The van der Waals surface area contributed by atoms with E-state index >= 15 is 0 Å². The van der Waals surface area contributed by atoms with E-state index in [4.69, 9.17) is 0 Å². The summed E-state index contributed by atoms with van der Waals surface area (Å²) in [6.45, 7) is 3.05. The van der Waals surface area contributed by atoms with Gasteiger partial charge in [0, 0.05) is 61.0 Å². The van der Waals surface area contributed by atoms with Crippen LogP contribution in [0.5, 0.6) is 0 Å². The van der Waals surface area contributed by atoms with Crippen molar-refractivity contribution in [3.8, 4) is 0 Å². The normalized spacial score (nSPS) is 14.1. The van der Waals surface area contributed by atoms with Crippen LogP contribution in [-0.2, 0) is 5.75 Å². The Kier molecular flexibility index (Phi) is 5.87. The Balaban J connectivity index is 1.31. The standard InChI is InChI=1S/C22H22N4OS/c27-22(26-14-12-25(13-15-26)21-5-1-2-11-24-21)19-6-8-20(9-7-19)28-17-18-4-3-10-23-16-18/h1-11,16H,12-15,17H2. The number of amides is 1. The van der Waals surface area contributed by atoms with E-state index < -0.39 is 0 Å². The SMILES string of the molecule is O=C(c1ccc(SCc2cccnc2)cc1)N1CCN(c2ccccn2)CC1. The van der Waals surface area contributed by atoms with Crippen molar-refractivity contribution in [3.05, 3.63) is 84.3 Å². The molecule has 0 aliphatic carbocycles. The van der Waals surface area contributed by atoms with Gasteiger partial charge in [-0.1, -0.05) is 12.1 Å². The largest absolute Gasteiger partial charge is 0.353 e. The Hall–Kier alpha value is -2.86. The maximum Gasteiger partial charge on any atom is 0.253 e. The lowest BCUT2D eigenvalue weighted by atomic mass is 10.2. The van der Waals surface area contributed by atoms with Crippen molar-refractivity contribution in [1.82, 2.24) is 14.9 Å². The highest BCUT2D eigenvalue weighted by atomic mass is 32.2. The van der Waals surface area contributed by atoms with Crippen molar-refractivity contribution < 1.29 is 4.79 Å². The van der Waals surface area contributed by atoms with Crippen molar-refractivity contribution in [3.63, 3.8) is 0 Å². The van der Waals surface area contributed by atoms with E-state index in [9.17, 15) is 4.79 Å². The van der Waals surface area contributed by atoms with E-state index in [2.05, 4.69) is 20.9 Å². The zero-order valence-electron chi connectivity index (χ0n) is 15.6. The zero-order chi connectivity index (χ0) is 19.2. The number of pyridine rings is 2. The molecular weight excluding hydrogens is 368 g/mol. The Bertz CT molecular complexity index is 895. The van der Waals surface area contributed by atoms with Gasteiger partial charge in [-0.3, -0.25) is 9.78 Å². The number of aromatic nitrogens is 2. The lowest BCUT2D eigenvalue weighted by Gasteiger charge is -2.35. The Morgan fingerprint density at radius 1 is 0.929 bits per heavy atom. The Morgan fingerprint density at radius 2 is 1.75 bits per heavy atom. The first-order valence-electron chi connectivity index (χ1n) is 9.36. The van der Waals surface area contributed by atoms with Gasteiger partial charge in [-0.25, -0.2) is 4.98 Å². The number of thioether (sulfide) groups is 1. The first-order chi connectivity index (χ1) is 13.8. The van der Waals surface area contributed by atoms with Crippen LogP contribution in [0.3, 0.4) is 0 Å². The molecule has 0 unspecified atom stereocenters. The third-order valence-electron chi connectivity index (χ3n) is 4.77. The molecule has 0 bridgehead atoms. The molecule has 1 aliphatic rings. The third-order valence-corrected chi connectivity index (χ3v) is 5.85. The van der Waals surface area contributed by atoms with Gasteiger partial charge in [0.1, 0.15) is 5.82 Å². The minimum atomic E-state index is 0.101. The summed E-state index contributed by atoms with van der Waals surface area (Å²) in [5.41, 5.74) is 1.94. The summed E-state index contributed by atoms with van der Waals surface area (Å²) in [7, 11) is 0. The topological polar surface area (TPSA) is 49.3 Å². The van der Waals surface area contributed by atoms with Gasteiger partial charge in [0.25, 0.3) is 5.91 Å². The van der Waals surface area contributed by atoms with Crippen molar-refractivity contribution in [2.75, 3.05) is 31.1 Å². The molecule has 0 saturated carbocycles. The fraction of sp³-hybridized carbons (Fsp3) is 0.227. The minimum Gasteiger partial charge on any atom is -0.353 e. The molecule has 0 atom stereocenters. The molecule has 4 rings (SSSR count). The number of carbonyl (C=O) groups excluding carboxylic acids is 1. The van der Waals surface area contributed by atoms with E-state index in [0.29, 0.717) is 13.1 Å². The smallest absolute Gasteiger partial charge is 0.253 e. The summed E-state index contributed by atoms with van der Waals surface area (Å²) in [5, 5.41) is 0. The van der Waals surface area contributed by atoms with E-state index in [-0.39, 0.29) is 5.91 Å². The summed E-state index contributed by atoms with van der Waals surface area (Å²) >= 11 is 1.75. The average Bonchev–Trinajstić information content (AvgIpc) is 2.79. The molecule has 142 valence electrons. The lowest BCUT2D eigenvalue weighted by molar-refractivity contribution is 0.0746. The predicted octanol–water partition coefficient (Wildman–Crippen LogP) is 3.73. The second kappa shape index (κ2) is 8.89. The number of piperazine rings is 1. The molecule has 3 heterocycles. The van der Waals surface area contributed by atoms with Crippen LogP contribution in [0, 0.1) is 0 Å². The van der Waals surface area contributed by atoms with Crippen LogP contribution in [-0.4, -0.2) is 47.0 Å². The summed E-state index contributed by atoms with van der Waals surface area (Å²) < 4.78 is 0. The molecule has 5 nitrogen and oxygen atoms in total. The van der Waals surface area contributed by atoms with Crippen LogP contribution in [0.25, 0.3) is 0 Å². The molecule has 3 aromatic rings. The molecule has 1 amide bonds. The van der Waals surface area contributed by atoms with Gasteiger partial charge in [-0.2, -0.15) is 0 Å². The fourth-order valence-electron chi connectivity index (χ4n) is 3.21. The van der Waals surface area contributed by atoms with Gasteiger partial charge in [-0.05, 0) is 48.0 Å². The van der Waals surface area contributed by atoms with Crippen LogP contribution in [0.2, 0.25) is 0 Å². The fourth-order valence-corrected chi connectivity index (χ4v) is 4.04. The first kappa shape index (κ1) is 18.5. The Morgan fingerprint density at radius 3 is 2.43 bits per heavy atom. The summed E-state index contributed by atoms with van der Waals surface area (Å²) in [6.07, 6.45) is 5.47. The van der Waals surface area contributed by atoms with Gasteiger partial charge >= 0.3 is 0 Å². The number of rotatable bonds is 5. The Labute approximate surface area is 169 Å². The van der Waals surface area contributed by atoms with Crippen molar-refractivity contribution >= 4 is 23.5 Å². The van der Waals surface area contributed by atoms with Crippen molar-refractivity contribution in [2.24, 2.45) is 0 Å². The van der Waals surface area contributed by atoms with Crippen LogP contribution in [0.1, 0.15) is 15.9 Å². The van der Waals surface area contributed by atoms with Crippen LogP contribution >= 0.6 is 11.8 Å². The van der Waals surface area contributed by atoms with Crippen molar-refractivity contribution in [2.45, 2.75) is 10.6 Å². The molecule has 0 spiro atoms. The second-order valence-corrected chi connectivity index (χ2v) is 7.69. The maximum absolute atomic E-state index is 12.8. The van der Waals surface area contributed by atoms with Gasteiger partial charge in [-0.15, -0.1) is 11.8 Å². The molecule has 1 aliphatic heterocycles. The van der Waals surface area contributed by atoms with E-state index in [1.54, 1.807) is 24.2 Å².